The van der Waals surface area contributed by atoms with Crippen molar-refractivity contribution in [2.45, 2.75) is 0 Å². The third-order valence-corrected chi connectivity index (χ3v) is 3.87. The Morgan fingerprint density at radius 2 is 1.11 bits per heavy atom. The molecule has 0 heterocycles. The van der Waals surface area contributed by atoms with Crippen LogP contribution in [0.3, 0.4) is 0 Å². The van der Waals surface area contributed by atoms with Crippen molar-refractivity contribution in [3.05, 3.63) is 0 Å². The zero-order valence-electron chi connectivity index (χ0n) is 8.83. The van der Waals surface area contributed by atoms with Crippen LogP contribution in [0.5, 0.6) is 0 Å². The number of carboxylic acids is 2. The molecule has 0 aromatic carbocycles. The second kappa shape index (κ2) is 8.33. The van der Waals surface area contributed by atoms with Crippen LogP contribution in [0.25, 0.3) is 0 Å². The number of rotatable bonds is 6. The lowest BCUT2D eigenvalue weighted by atomic mass is 10.6. The van der Waals surface area contributed by atoms with Gasteiger partial charge in [0, 0.05) is 0 Å². The largest absolute Gasteiger partial charge is 0.480 e. The summed E-state index contributed by atoms with van der Waals surface area (Å²) in [7, 11) is -9.10. The molecule has 0 aromatic rings. The average molecular weight is 309 g/mol. The molecular formula is C5H13NO10P2. The predicted molar refractivity (Wildman–Crippen MR) is 57.1 cm³/mol. The van der Waals surface area contributed by atoms with Crippen molar-refractivity contribution in [1.82, 2.24) is 5.32 Å². The maximum absolute atomic E-state index is 9.85. The highest BCUT2D eigenvalue weighted by Gasteiger charge is 2.26. The summed E-state index contributed by atoms with van der Waals surface area (Å²) in [6, 6.07) is 0. The quantitative estimate of drug-likeness (QED) is 0.268. The van der Waals surface area contributed by atoms with Crippen LogP contribution in [0.15, 0.2) is 0 Å². The molecule has 0 fully saturated rings. The molecule has 18 heavy (non-hydrogen) atoms. The molecule has 0 saturated heterocycles. The second-order valence-corrected chi connectivity index (χ2v) is 6.65. The van der Waals surface area contributed by atoms with Crippen molar-refractivity contribution in [2.24, 2.45) is 0 Å². The van der Waals surface area contributed by atoms with E-state index in [0.717, 1.165) is 0 Å². The minimum absolute atomic E-state index is 0.313. The molecule has 0 spiro atoms. The van der Waals surface area contributed by atoms with Crippen LogP contribution in [0, 0.1) is 0 Å². The molecule has 0 rings (SSSR count). The second-order valence-electron chi connectivity index (χ2n) is 2.86. The Morgan fingerprint density at radius 3 is 1.22 bits per heavy atom. The lowest BCUT2D eigenvalue weighted by Crippen LogP contribution is -2.27. The number of nitrogens with one attached hydrogen (secondary N) is 1. The molecule has 7 N–H and O–H groups in total. The molecule has 0 saturated carbocycles. The summed E-state index contributed by atoms with van der Waals surface area (Å²) < 4.78 is 19.7. The molecular weight excluding hydrogens is 296 g/mol. The van der Waals surface area contributed by atoms with Crippen molar-refractivity contribution in [1.29, 1.82) is 0 Å². The first kappa shape index (κ1) is 19.5. The van der Waals surface area contributed by atoms with E-state index in [1.165, 1.54) is 0 Å². The van der Waals surface area contributed by atoms with E-state index in [0.29, 0.717) is 0 Å². The van der Waals surface area contributed by atoms with Crippen molar-refractivity contribution in [2.75, 3.05) is 19.0 Å². The van der Waals surface area contributed by atoms with Crippen molar-refractivity contribution >= 4 is 27.1 Å². The number of hydrogen-bond acceptors (Lipinski definition) is 5. The fourth-order valence-corrected chi connectivity index (χ4v) is 2.44. The first-order valence-electron chi connectivity index (χ1n) is 4.07. The molecule has 0 aliphatic rings. The monoisotopic (exact) mass is 309 g/mol. The van der Waals surface area contributed by atoms with Gasteiger partial charge >= 0.3 is 27.1 Å². The maximum atomic E-state index is 9.85. The first-order chi connectivity index (χ1) is 7.83. The number of carboxylic acid groups (broad SMARTS) is 2. The lowest BCUT2D eigenvalue weighted by molar-refractivity contribution is -0.137. The Labute approximate surface area is 101 Å². The predicted octanol–water partition coefficient (Wildman–Crippen LogP) is -1.96. The van der Waals surface area contributed by atoms with Crippen LogP contribution >= 0.6 is 15.2 Å². The molecule has 0 radical (unpaired) electrons. The van der Waals surface area contributed by atoms with Crippen molar-refractivity contribution in [3.63, 3.8) is 0 Å². The fourth-order valence-electron chi connectivity index (χ4n) is 0.516. The van der Waals surface area contributed by atoms with Crippen LogP contribution < -0.4 is 5.32 Å². The molecule has 0 unspecified atom stereocenters. The third-order valence-electron chi connectivity index (χ3n) is 0.921. The van der Waals surface area contributed by atoms with E-state index >= 15 is 0 Å². The molecule has 0 aliphatic heterocycles. The minimum Gasteiger partial charge on any atom is -0.480 e. The van der Waals surface area contributed by atoms with Gasteiger partial charge in [0.05, 0.1) is 13.1 Å². The van der Waals surface area contributed by atoms with Gasteiger partial charge < -0.3 is 29.8 Å². The summed E-state index contributed by atoms with van der Waals surface area (Å²) in [5.41, 5.74) is 0. The topological polar surface area (TPSA) is 202 Å². The van der Waals surface area contributed by atoms with Crippen LogP contribution in [0.1, 0.15) is 0 Å². The highest BCUT2D eigenvalue weighted by atomic mass is 31.2. The van der Waals surface area contributed by atoms with Gasteiger partial charge in [-0.3, -0.25) is 24.0 Å². The molecule has 13 heteroatoms. The van der Waals surface area contributed by atoms with Gasteiger partial charge in [0.2, 0.25) is 0 Å². The summed E-state index contributed by atoms with van der Waals surface area (Å²) >= 11 is 0. The van der Waals surface area contributed by atoms with Gasteiger partial charge in [0.25, 0.3) is 0 Å². The zero-order chi connectivity index (χ0) is 15.0. The van der Waals surface area contributed by atoms with E-state index in [4.69, 9.17) is 29.8 Å². The van der Waals surface area contributed by atoms with E-state index in [2.05, 4.69) is 5.32 Å². The number of carbonyl (C=O) groups is 2. The molecule has 0 aliphatic carbocycles. The normalized spacial score (nSPS) is 11.3. The summed E-state index contributed by atoms with van der Waals surface area (Å²) in [6.45, 7) is -0.626. The summed E-state index contributed by atoms with van der Waals surface area (Å²) in [5, 5.41) is 18.1. The summed E-state index contributed by atoms with van der Waals surface area (Å²) in [4.78, 5) is 51.3. The van der Waals surface area contributed by atoms with Crippen molar-refractivity contribution in [3.8, 4) is 0 Å². The van der Waals surface area contributed by atoms with Crippen LogP contribution in [-0.4, -0.2) is 60.7 Å². The number of hydrogen-bond donors (Lipinski definition) is 7. The molecule has 0 bridgehead atoms. The van der Waals surface area contributed by atoms with E-state index in [9.17, 15) is 18.7 Å². The van der Waals surface area contributed by atoms with Crippen LogP contribution in [0.2, 0.25) is 0 Å². The molecule has 0 amide bonds. The highest BCUT2D eigenvalue weighted by Crippen LogP contribution is 2.51. The van der Waals surface area contributed by atoms with Gasteiger partial charge in [-0.25, -0.2) is 0 Å². The first-order valence-corrected chi connectivity index (χ1v) is 7.66. The van der Waals surface area contributed by atoms with E-state index in [1.54, 1.807) is 0 Å². The smallest absolute Gasteiger partial charge is 0.337 e. The molecule has 108 valence electrons. The Morgan fingerprint density at radius 1 is 0.833 bits per heavy atom. The third kappa shape index (κ3) is 24.4. The van der Waals surface area contributed by atoms with E-state index in [-0.39, 0.29) is 13.1 Å². The standard InChI is InChI=1S/C4H7NO4.CH6O6P2/c6-3(7)1-5-2-4(8)9;2-8(3,4)1-9(5,6)7/h5H,1-2H2,(H,6,7)(H,8,9);1H2,(H2,2,3,4)(H2,5,6,7). The number of aliphatic carboxylic acids is 2. The van der Waals surface area contributed by atoms with Gasteiger partial charge in [-0.05, 0) is 0 Å². The molecule has 0 atom stereocenters. The van der Waals surface area contributed by atoms with Crippen molar-refractivity contribution < 1.29 is 48.5 Å². The highest BCUT2D eigenvalue weighted by molar-refractivity contribution is 7.69. The van der Waals surface area contributed by atoms with Gasteiger partial charge in [-0.1, -0.05) is 0 Å². The van der Waals surface area contributed by atoms with Gasteiger partial charge in [-0.15, -0.1) is 0 Å². The summed E-state index contributed by atoms with van der Waals surface area (Å²) in [6.07, 6.45) is 0. The van der Waals surface area contributed by atoms with Crippen LogP contribution in [0.4, 0.5) is 0 Å². The van der Waals surface area contributed by atoms with E-state index in [1.807, 2.05) is 0 Å². The summed E-state index contributed by atoms with van der Waals surface area (Å²) in [5.74, 6) is -3.49. The lowest BCUT2D eigenvalue weighted by Gasteiger charge is -2.03. The Hall–Kier alpha value is -0.800. The average Bonchev–Trinajstić information content (AvgIpc) is 1.95. The molecule has 0 aromatic heterocycles. The SMILES string of the molecule is O=C(O)CNCC(=O)O.O=P(O)(O)CP(=O)(O)O. The van der Waals surface area contributed by atoms with Gasteiger partial charge in [0.1, 0.15) is 0 Å². The Bertz CT molecular complexity index is 334. The molecule has 11 nitrogen and oxygen atoms in total. The Kier molecular flexibility index (Phi) is 9.04. The fraction of sp³-hybridized carbons (Fsp3) is 0.600. The van der Waals surface area contributed by atoms with Gasteiger partial charge in [-0.2, -0.15) is 0 Å². The van der Waals surface area contributed by atoms with E-state index < -0.39 is 33.0 Å². The zero-order valence-corrected chi connectivity index (χ0v) is 10.6. The minimum atomic E-state index is -4.55. The van der Waals surface area contributed by atoms with Crippen LogP contribution in [-0.2, 0) is 18.7 Å². The Balaban J connectivity index is 0. The van der Waals surface area contributed by atoms with Gasteiger partial charge in [0.15, 0.2) is 5.90 Å². The maximum Gasteiger partial charge on any atom is 0.337 e.